The van der Waals surface area contributed by atoms with Crippen LogP contribution in [0.5, 0.6) is 0 Å². The molecular weight excluding hydrogens is 513 g/mol. The Hall–Kier alpha value is -4.73. The molecule has 0 spiro atoms. The van der Waals surface area contributed by atoms with Crippen LogP contribution in [0.25, 0.3) is 43.4 Å². The number of para-hydroxylation sites is 1. The average Bonchev–Trinajstić information content (AvgIpc) is 3.01. The summed E-state index contributed by atoms with van der Waals surface area (Å²) < 4.78 is 0. The molecule has 0 aliphatic rings. The van der Waals surface area contributed by atoms with Crippen LogP contribution in [0.1, 0.15) is 0 Å². The van der Waals surface area contributed by atoms with Gasteiger partial charge in [-0.1, -0.05) is 129 Å². The topological polar surface area (TPSA) is 16.1 Å². The third-order valence-corrected chi connectivity index (χ3v) is 10.0. The van der Waals surface area contributed by atoms with E-state index in [0.717, 1.165) is 17.2 Å². The normalized spacial score (nSPS) is 11.8. The number of hydrogen-bond acceptors (Lipinski definition) is 2. The lowest BCUT2D eigenvalue weighted by Crippen LogP contribution is -2.37. The van der Waals surface area contributed by atoms with Crippen molar-refractivity contribution < 1.29 is 0 Å². The van der Waals surface area contributed by atoms with Gasteiger partial charge in [0.2, 0.25) is 0 Å². The van der Waals surface area contributed by atoms with Crippen LogP contribution in [-0.4, -0.2) is 13.1 Å². The van der Waals surface area contributed by atoms with E-state index in [1.165, 1.54) is 48.6 Å². The maximum absolute atomic E-state index is 5.09. The van der Waals surface area contributed by atoms with Gasteiger partial charge in [0.25, 0.3) is 0 Å². The molecule has 0 fully saturated rings. The summed E-state index contributed by atoms with van der Waals surface area (Å²) in [6.07, 6.45) is 2.09. The Labute approximate surface area is 242 Å². The average molecular weight is 545 g/mol. The van der Waals surface area contributed by atoms with Gasteiger partial charge in [0.1, 0.15) is 5.82 Å². The van der Waals surface area contributed by atoms with Gasteiger partial charge >= 0.3 is 0 Å². The van der Waals surface area contributed by atoms with Gasteiger partial charge in [0.15, 0.2) is 0 Å². The lowest BCUT2D eigenvalue weighted by atomic mass is 9.89. The first-order valence-electron chi connectivity index (χ1n) is 14.2. The standard InChI is InChI=1S/C38H32N2Si/c1-41(2,3)31-23-24-36(39-26-31)40(30-15-5-4-6-16-30)38-34-19-11-9-17-32(34)37(33-18-10-12-20-35(33)38)29-22-21-27-13-7-8-14-28(27)25-29/h4-26H,1-3H3. The van der Waals surface area contributed by atoms with Gasteiger partial charge in [0.05, 0.1) is 13.8 Å². The molecule has 7 aromatic rings. The van der Waals surface area contributed by atoms with Crippen molar-refractivity contribution in [3.63, 3.8) is 0 Å². The fourth-order valence-corrected chi connectivity index (χ4v) is 6.95. The van der Waals surface area contributed by atoms with Crippen LogP contribution in [-0.2, 0) is 0 Å². The van der Waals surface area contributed by atoms with Gasteiger partial charge in [0, 0.05) is 22.7 Å². The highest BCUT2D eigenvalue weighted by molar-refractivity contribution is 6.88. The van der Waals surface area contributed by atoms with Crippen LogP contribution in [0.4, 0.5) is 17.2 Å². The van der Waals surface area contributed by atoms with Crippen molar-refractivity contribution in [1.82, 2.24) is 4.98 Å². The molecule has 1 aromatic heterocycles. The predicted octanol–water partition coefficient (Wildman–Crippen LogP) is 10.2. The van der Waals surface area contributed by atoms with Crippen molar-refractivity contribution >= 4 is 62.8 Å². The molecule has 0 bridgehead atoms. The van der Waals surface area contributed by atoms with E-state index in [2.05, 4.69) is 164 Å². The van der Waals surface area contributed by atoms with Gasteiger partial charge in [-0.3, -0.25) is 4.90 Å². The molecule has 0 unspecified atom stereocenters. The molecule has 6 aromatic carbocycles. The van der Waals surface area contributed by atoms with Crippen molar-refractivity contribution in [2.24, 2.45) is 0 Å². The highest BCUT2D eigenvalue weighted by atomic mass is 28.3. The number of hydrogen-bond donors (Lipinski definition) is 0. The largest absolute Gasteiger partial charge is 0.294 e. The molecular formula is C38H32N2Si. The molecule has 0 N–H and O–H groups in total. The molecule has 3 heteroatoms. The van der Waals surface area contributed by atoms with E-state index in [4.69, 9.17) is 4.98 Å². The Balaban J connectivity index is 1.56. The Morgan fingerprint density at radius 2 is 1.12 bits per heavy atom. The number of anilines is 3. The first-order chi connectivity index (χ1) is 20.0. The maximum Gasteiger partial charge on any atom is 0.137 e. The molecule has 0 saturated heterocycles. The fourth-order valence-electron chi connectivity index (χ4n) is 5.92. The summed E-state index contributed by atoms with van der Waals surface area (Å²) in [6, 6.07) is 48.2. The van der Waals surface area contributed by atoms with E-state index in [-0.39, 0.29) is 0 Å². The summed E-state index contributed by atoms with van der Waals surface area (Å²) in [7, 11) is -1.48. The number of nitrogens with zero attached hydrogens (tertiary/aromatic N) is 2. The van der Waals surface area contributed by atoms with Gasteiger partial charge in [-0.05, 0) is 62.1 Å². The molecule has 0 saturated carbocycles. The number of rotatable bonds is 5. The monoisotopic (exact) mass is 544 g/mol. The Bertz CT molecular complexity index is 1970. The number of fused-ring (bicyclic) bond motifs is 3. The van der Waals surface area contributed by atoms with Crippen LogP contribution in [0, 0.1) is 0 Å². The van der Waals surface area contributed by atoms with Gasteiger partial charge in [-0.25, -0.2) is 4.98 Å². The molecule has 7 rings (SSSR count). The van der Waals surface area contributed by atoms with E-state index >= 15 is 0 Å². The van der Waals surface area contributed by atoms with Gasteiger partial charge in [-0.15, -0.1) is 0 Å². The summed E-state index contributed by atoms with van der Waals surface area (Å²) >= 11 is 0. The second-order valence-corrected chi connectivity index (χ2v) is 16.8. The molecule has 0 atom stereocenters. The minimum atomic E-state index is -1.48. The van der Waals surface area contributed by atoms with Crippen LogP contribution in [0.3, 0.4) is 0 Å². The minimum Gasteiger partial charge on any atom is -0.294 e. The molecule has 2 nitrogen and oxygen atoms in total. The fraction of sp³-hybridized carbons (Fsp3) is 0.0789. The van der Waals surface area contributed by atoms with Crippen LogP contribution in [0.2, 0.25) is 19.6 Å². The number of benzene rings is 6. The first kappa shape index (κ1) is 25.2. The molecule has 0 radical (unpaired) electrons. The van der Waals surface area contributed by atoms with E-state index in [0.29, 0.717) is 0 Å². The van der Waals surface area contributed by atoms with Crippen molar-refractivity contribution in [2.45, 2.75) is 19.6 Å². The van der Waals surface area contributed by atoms with E-state index < -0.39 is 8.07 Å². The van der Waals surface area contributed by atoms with E-state index in [9.17, 15) is 0 Å². The van der Waals surface area contributed by atoms with E-state index in [1.54, 1.807) is 0 Å². The Kier molecular flexibility index (Phi) is 6.17. The SMILES string of the molecule is C[Si](C)(C)c1ccc(N(c2ccccc2)c2c3ccccc3c(-c3ccc4ccccc4c3)c3ccccc23)nc1. The van der Waals surface area contributed by atoms with Crippen molar-refractivity contribution in [2.75, 3.05) is 4.90 Å². The second-order valence-electron chi connectivity index (χ2n) is 11.7. The molecule has 0 aliphatic carbocycles. The molecule has 1 heterocycles. The summed E-state index contributed by atoms with van der Waals surface area (Å²) in [4.78, 5) is 7.42. The minimum absolute atomic E-state index is 0.923. The lowest BCUT2D eigenvalue weighted by molar-refractivity contribution is 1.20. The summed E-state index contributed by atoms with van der Waals surface area (Å²) in [5.41, 5.74) is 4.74. The Morgan fingerprint density at radius 1 is 0.537 bits per heavy atom. The van der Waals surface area contributed by atoms with E-state index in [1.807, 2.05) is 0 Å². The Morgan fingerprint density at radius 3 is 1.73 bits per heavy atom. The molecule has 0 amide bonds. The summed E-state index contributed by atoms with van der Waals surface area (Å²) in [5.74, 6) is 0.923. The summed E-state index contributed by atoms with van der Waals surface area (Å²) in [6.45, 7) is 7.10. The molecule has 41 heavy (non-hydrogen) atoms. The number of aromatic nitrogens is 1. The highest BCUT2D eigenvalue weighted by Gasteiger charge is 2.23. The van der Waals surface area contributed by atoms with Crippen molar-refractivity contribution in [3.8, 4) is 11.1 Å². The summed E-state index contributed by atoms with van der Waals surface area (Å²) in [5, 5.41) is 8.73. The van der Waals surface area contributed by atoms with Crippen LogP contribution >= 0.6 is 0 Å². The highest BCUT2D eigenvalue weighted by Crippen LogP contribution is 2.47. The molecule has 198 valence electrons. The zero-order chi connectivity index (χ0) is 28.0. The lowest BCUT2D eigenvalue weighted by Gasteiger charge is -2.29. The second kappa shape index (κ2) is 10.0. The van der Waals surface area contributed by atoms with Gasteiger partial charge < -0.3 is 0 Å². The van der Waals surface area contributed by atoms with Crippen LogP contribution < -0.4 is 10.1 Å². The first-order valence-corrected chi connectivity index (χ1v) is 17.7. The predicted molar refractivity (Wildman–Crippen MR) is 180 cm³/mol. The van der Waals surface area contributed by atoms with Gasteiger partial charge in [-0.2, -0.15) is 0 Å². The molecule has 0 aliphatic heterocycles. The maximum atomic E-state index is 5.09. The third kappa shape index (κ3) is 4.49. The quantitative estimate of drug-likeness (QED) is 0.158. The van der Waals surface area contributed by atoms with Crippen molar-refractivity contribution in [3.05, 3.63) is 140 Å². The number of pyridine rings is 1. The van der Waals surface area contributed by atoms with Crippen molar-refractivity contribution in [1.29, 1.82) is 0 Å². The third-order valence-electron chi connectivity index (χ3n) is 8.02. The zero-order valence-electron chi connectivity index (χ0n) is 23.7. The van der Waals surface area contributed by atoms with Crippen LogP contribution in [0.15, 0.2) is 140 Å². The zero-order valence-corrected chi connectivity index (χ0v) is 24.7. The smallest absolute Gasteiger partial charge is 0.137 e.